The maximum absolute atomic E-state index is 3.75. The van der Waals surface area contributed by atoms with Crippen molar-refractivity contribution in [2.45, 2.75) is 0 Å². The predicted octanol–water partition coefficient (Wildman–Crippen LogP) is 15.1. The second-order valence-corrected chi connectivity index (χ2v) is 14.5. The molecule has 11 rings (SSSR count). The summed E-state index contributed by atoms with van der Waals surface area (Å²) in [6.45, 7) is 0. The standard InChI is InChI=1S/C54H35N/c1-2-14-38(15-3-1)53-48-20-10-11-21-50(48)55-54(53)39-26-22-37(23-27-39)42-30-31-47-49(34-42)52(44-29-25-36-13-5-7-17-41(36)33-44)46-19-9-8-18-45(46)51(47)43-28-24-35-12-4-6-16-40(35)32-43/h1-34,55H. The summed E-state index contributed by atoms with van der Waals surface area (Å²) < 4.78 is 0. The highest BCUT2D eigenvalue weighted by Crippen LogP contribution is 2.46. The SMILES string of the molecule is c1ccc(-c2c(-c3ccc(-c4ccc5c(-c6ccc7ccccc7c6)c6ccccc6c(-c6ccc7ccccc7c6)c5c4)cc3)[nH]c3ccccc23)cc1. The highest BCUT2D eigenvalue weighted by molar-refractivity contribution is 6.22. The Kier molecular flexibility index (Phi) is 7.25. The van der Waals surface area contributed by atoms with Gasteiger partial charge in [0.1, 0.15) is 0 Å². The number of rotatable bonds is 5. The fourth-order valence-corrected chi connectivity index (χ4v) is 8.76. The first kappa shape index (κ1) is 31.3. The molecule has 1 heterocycles. The summed E-state index contributed by atoms with van der Waals surface area (Å²) in [5.41, 5.74) is 13.3. The Balaban J connectivity index is 1.12. The number of aromatic amines is 1. The summed E-state index contributed by atoms with van der Waals surface area (Å²) in [6, 6.07) is 75.5. The minimum absolute atomic E-state index is 1.14. The zero-order valence-electron chi connectivity index (χ0n) is 30.1. The molecule has 55 heavy (non-hydrogen) atoms. The van der Waals surface area contributed by atoms with Crippen LogP contribution >= 0.6 is 0 Å². The van der Waals surface area contributed by atoms with E-state index in [0.29, 0.717) is 0 Å². The van der Waals surface area contributed by atoms with E-state index in [-0.39, 0.29) is 0 Å². The van der Waals surface area contributed by atoms with Crippen molar-refractivity contribution in [1.82, 2.24) is 4.98 Å². The van der Waals surface area contributed by atoms with Crippen molar-refractivity contribution in [3.05, 3.63) is 206 Å². The van der Waals surface area contributed by atoms with E-state index in [9.17, 15) is 0 Å². The van der Waals surface area contributed by atoms with E-state index in [4.69, 9.17) is 0 Å². The summed E-state index contributed by atoms with van der Waals surface area (Å²) in [5, 5.41) is 11.3. The first-order chi connectivity index (χ1) is 27.3. The molecule has 10 aromatic carbocycles. The van der Waals surface area contributed by atoms with Gasteiger partial charge in [-0.2, -0.15) is 0 Å². The number of hydrogen-bond acceptors (Lipinski definition) is 0. The van der Waals surface area contributed by atoms with E-state index in [2.05, 4.69) is 211 Å². The Bertz CT molecular complexity index is 3240. The molecule has 1 N–H and O–H groups in total. The molecule has 0 aliphatic carbocycles. The average Bonchev–Trinajstić information content (AvgIpc) is 3.65. The van der Waals surface area contributed by atoms with Crippen molar-refractivity contribution >= 4 is 54.0 Å². The third-order valence-corrected chi connectivity index (χ3v) is 11.4. The Morgan fingerprint density at radius 1 is 0.236 bits per heavy atom. The van der Waals surface area contributed by atoms with Gasteiger partial charge in [-0.25, -0.2) is 0 Å². The van der Waals surface area contributed by atoms with Crippen LogP contribution in [0.5, 0.6) is 0 Å². The van der Waals surface area contributed by atoms with Crippen LogP contribution in [0, 0.1) is 0 Å². The third-order valence-electron chi connectivity index (χ3n) is 11.4. The van der Waals surface area contributed by atoms with Gasteiger partial charge in [0.25, 0.3) is 0 Å². The predicted molar refractivity (Wildman–Crippen MR) is 236 cm³/mol. The summed E-state index contributed by atoms with van der Waals surface area (Å²) in [7, 11) is 0. The largest absolute Gasteiger partial charge is 0.354 e. The Morgan fingerprint density at radius 2 is 0.709 bits per heavy atom. The molecule has 256 valence electrons. The van der Waals surface area contributed by atoms with Gasteiger partial charge in [-0.15, -0.1) is 0 Å². The van der Waals surface area contributed by atoms with Crippen LogP contribution in [0.15, 0.2) is 206 Å². The maximum Gasteiger partial charge on any atom is 0.0544 e. The Morgan fingerprint density at radius 3 is 1.36 bits per heavy atom. The van der Waals surface area contributed by atoms with Gasteiger partial charge in [0.15, 0.2) is 0 Å². The van der Waals surface area contributed by atoms with Crippen LogP contribution < -0.4 is 0 Å². The topological polar surface area (TPSA) is 15.8 Å². The van der Waals surface area contributed by atoms with Crippen LogP contribution in [0.2, 0.25) is 0 Å². The van der Waals surface area contributed by atoms with Gasteiger partial charge in [0, 0.05) is 16.5 Å². The van der Waals surface area contributed by atoms with Crippen LogP contribution in [0.3, 0.4) is 0 Å². The lowest BCUT2D eigenvalue weighted by molar-refractivity contribution is 1.45. The number of H-pyrrole nitrogens is 1. The fourth-order valence-electron chi connectivity index (χ4n) is 8.76. The Hall–Kier alpha value is -7.22. The molecule has 0 radical (unpaired) electrons. The highest BCUT2D eigenvalue weighted by Gasteiger charge is 2.19. The molecule has 0 saturated heterocycles. The molecule has 0 atom stereocenters. The van der Waals surface area contributed by atoms with E-state index < -0.39 is 0 Å². The van der Waals surface area contributed by atoms with Gasteiger partial charge >= 0.3 is 0 Å². The number of nitrogens with one attached hydrogen (secondary N) is 1. The molecule has 0 aliphatic rings. The number of aromatic nitrogens is 1. The second kappa shape index (κ2) is 12.7. The normalized spacial score (nSPS) is 11.6. The Labute approximate surface area is 319 Å². The monoisotopic (exact) mass is 697 g/mol. The van der Waals surface area contributed by atoms with Crippen molar-refractivity contribution in [3.8, 4) is 55.8 Å². The van der Waals surface area contributed by atoms with E-state index in [1.165, 1.54) is 98.5 Å². The van der Waals surface area contributed by atoms with E-state index in [1.807, 2.05) is 0 Å². The van der Waals surface area contributed by atoms with Gasteiger partial charge in [0.2, 0.25) is 0 Å². The summed E-state index contributed by atoms with van der Waals surface area (Å²) in [5.74, 6) is 0. The third kappa shape index (κ3) is 5.24. The number of benzene rings is 10. The molecule has 1 heteroatoms. The van der Waals surface area contributed by atoms with Crippen LogP contribution in [0.25, 0.3) is 110 Å². The molecule has 0 unspecified atom stereocenters. The molecule has 0 bridgehead atoms. The molecule has 1 aromatic heterocycles. The first-order valence-electron chi connectivity index (χ1n) is 19.0. The molecule has 0 spiro atoms. The zero-order valence-corrected chi connectivity index (χ0v) is 30.1. The lowest BCUT2D eigenvalue weighted by Gasteiger charge is -2.19. The van der Waals surface area contributed by atoms with Gasteiger partial charge < -0.3 is 4.98 Å². The molecule has 0 aliphatic heterocycles. The maximum atomic E-state index is 3.75. The quantitative estimate of drug-likeness (QED) is 0.172. The van der Waals surface area contributed by atoms with Crippen molar-refractivity contribution in [3.63, 3.8) is 0 Å². The minimum atomic E-state index is 1.14. The zero-order chi connectivity index (χ0) is 36.3. The van der Waals surface area contributed by atoms with Crippen molar-refractivity contribution in [2.24, 2.45) is 0 Å². The number of fused-ring (bicyclic) bond motifs is 5. The second-order valence-electron chi connectivity index (χ2n) is 14.5. The van der Waals surface area contributed by atoms with E-state index >= 15 is 0 Å². The van der Waals surface area contributed by atoms with Gasteiger partial charge in [-0.1, -0.05) is 182 Å². The van der Waals surface area contributed by atoms with Crippen LogP contribution in [0.4, 0.5) is 0 Å². The lowest BCUT2D eigenvalue weighted by Crippen LogP contribution is -1.92. The molecule has 0 amide bonds. The molecular formula is C54H35N. The average molecular weight is 698 g/mol. The van der Waals surface area contributed by atoms with Crippen molar-refractivity contribution < 1.29 is 0 Å². The highest BCUT2D eigenvalue weighted by atomic mass is 14.7. The van der Waals surface area contributed by atoms with E-state index in [1.54, 1.807) is 0 Å². The molecule has 11 aromatic rings. The van der Waals surface area contributed by atoms with Gasteiger partial charge in [0.05, 0.1) is 5.69 Å². The summed E-state index contributed by atoms with van der Waals surface area (Å²) in [6.07, 6.45) is 0. The smallest absolute Gasteiger partial charge is 0.0544 e. The first-order valence-corrected chi connectivity index (χ1v) is 19.0. The lowest BCUT2D eigenvalue weighted by atomic mass is 9.84. The summed E-state index contributed by atoms with van der Waals surface area (Å²) in [4.78, 5) is 3.75. The van der Waals surface area contributed by atoms with Crippen LogP contribution in [0.1, 0.15) is 0 Å². The number of hydrogen-bond donors (Lipinski definition) is 1. The molecule has 0 saturated carbocycles. The van der Waals surface area contributed by atoms with E-state index in [0.717, 1.165) is 11.2 Å². The van der Waals surface area contributed by atoms with Gasteiger partial charge in [-0.3, -0.25) is 0 Å². The molecular weight excluding hydrogens is 663 g/mol. The van der Waals surface area contributed by atoms with Crippen molar-refractivity contribution in [2.75, 3.05) is 0 Å². The van der Waals surface area contributed by atoms with Gasteiger partial charge in [-0.05, 0) is 112 Å². The van der Waals surface area contributed by atoms with Crippen molar-refractivity contribution in [1.29, 1.82) is 0 Å². The summed E-state index contributed by atoms with van der Waals surface area (Å²) >= 11 is 0. The number of para-hydroxylation sites is 1. The molecule has 1 nitrogen and oxygen atoms in total. The minimum Gasteiger partial charge on any atom is -0.354 e. The van der Waals surface area contributed by atoms with Crippen LogP contribution in [-0.4, -0.2) is 4.98 Å². The van der Waals surface area contributed by atoms with Crippen LogP contribution in [-0.2, 0) is 0 Å². The fraction of sp³-hybridized carbons (Fsp3) is 0. The molecule has 0 fully saturated rings.